The van der Waals surface area contributed by atoms with E-state index in [1.54, 1.807) is 42.1 Å². The van der Waals surface area contributed by atoms with Crippen molar-refractivity contribution in [1.82, 2.24) is 19.9 Å². The Balaban J connectivity index is 1.65. The number of carbonyl (C=O) groups excluding carboxylic acids is 1. The third kappa shape index (κ3) is 3.78. The van der Waals surface area contributed by atoms with Crippen LogP contribution < -0.4 is 0 Å². The third-order valence-corrected chi connectivity index (χ3v) is 4.37. The van der Waals surface area contributed by atoms with Crippen LogP contribution in [0.25, 0.3) is 10.6 Å². The summed E-state index contributed by atoms with van der Waals surface area (Å²) in [4.78, 5) is 26.6. The Morgan fingerprint density at radius 3 is 2.43 bits per heavy atom. The summed E-state index contributed by atoms with van der Waals surface area (Å²) in [5.41, 5.74) is 2.62. The summed E-state index contributed by atoms with van der Waals surface area (Å²) in [7, 11) is 1.80. The van der Waals surface area contributed by atoms with E-state index in [-0.39, 0.29) is 5.91 Å². The lowest BCUT2D eigenvalue weighted by atomic mass is 10.2. The van der Waals surface area contributed by atoms with Gasteiger partial charge in [0.15, 0.2) is 0 Å². The van der Waals surface area contributed by atoms with E-state index in [1.165, 1.54) is 11.3 Å². The lowest BCUT2D eigenvalue weighted by Crippen LogP contribution is -2.29. The fourth-order valence-corrected chi connectivity index (χ4v) is 2.94. The Hall–Kier alpha value is -2.60. The summed E-state index contributed by atoms with van der Waals surface area (Å²) >= 11 is 1.47. The average molecular weight is 324 g/mol. The molecule has 0 saturated heterocycles. The molecule has 0 unspecified atom stereocenters. The smallest absolute Gasteiger partial charge is 0.273 e. The van der Waals surface area contributed by atoms with Gasteiger partial charge in [-0.3, -0.25) is 14.8 Å². The van der Waals surface area contributed by atoms with Crippen molar-refractivity contribution in [1.29, 1.82) is 0 Å². The molecule has 3 rings (SSSR count). The number of carbonyl (C=O) groups is 1. The predicted molar refractivity (Wildman–Crippen MR) is 90.2 cm³/mol. The monoisotopic (exact) mass is 324 g/mol. The van der Waals surface area contributed by atoms with Gasteiger partial charge < -0.3 is 4.90 Å². The second kappa shape index (κ2) is 7.11. The number of hydrogen-bond donors (Lipinski definition) is 0. The van der Waals surface area contributed by atoms with Gasteiger partial charge in [0, 0.05) is 49.3 Å². The molecule has 0 spiro atoms. The van der Waals surface area contributed by atoms with E-state index in [9.17, 15) is 4.79 Å². The van der Waals surface area contributed by atoms with E-state index in [2.05, 4.69) is 15.0 Å². The lowest BCUT2D eigenvalue weighted by Gasteiger charge is -2.15. The lowest BCUT2D eigenvalue weighted by molar-refractivity contribution is 0.0792. The summed E-state index contributed by atoms with van der Waals surface area (Å²) in [6.07, 6.45) is 7.77. The van der Waals surface area contributed by atoms with Crippen molar-refractivity contribution in [2.45, 2.75) is 6.42 Å². The molecule has 1 amide bonds. The predicted octanol–water partition coefficient (Wildman–Crippen LogP) is 2.91. The maximum Gasteiger partial charge on any atom is 0.273 e. The SMILES string of the molecule is CN(CCc1ccncc1)C(=O)c1csc(-c2ccncc2)n1. The van der Waals surface area contributed by atoms with Crippen molar-refractivity contribution < 1.29 is 4.79 Å². The number of aromatic nitrogens is 3. The number of nitrogens with zero attached hydrogens (tertiary/aromatic N) is 4. The molecule has 0 fully saturated rings. The molecule has 0 aromatic carbocycles. The summed E-state index contributed by atoms with van der Waals surface area (Å²) in [5.74, 6) is -0.0596. The van der Waals surface area contributed by atoms with Gasteiger partial charge in [-0.15, -0.1) is 11.3 Å². The molecule has 116 valence electrons. The highest BCUT2D eigenvalue weighted by Gasteiger charge is 2.16. The molecule has 0 aliphatic carbocycles. The number of likely N-dealkylation sites (N-methyl/N-ethyl adjacent to an activating group) is 1. The van der Waals surface area contributed by atoms with Gasteiger partial charge in [-0.05, 0) is 36.2 Å². The third-order valence-electron chi connectivity index (χ3n) is 3.48. The first-order valence-corrected chi connectivity index (χ1v) is 8.12. The summed E-state index contributed by atoms with van der Waals surface area (Å²) < 4.78 is 0. The summed E-state index contributed by atoms with van der Waals surface area (Å²) in [5, 5.41) is 2.64. The highest BCUT2D eigenvalue weighted by molar-refractivity contribution is 7.13. The van der Waals surface area contributed by atoms with Crippen LogP contribution in [0.5, 0.6) is 0 Å². The van der Waals surface area contributed by atoms with Gasteiger partial charge in [0.2, 0.25) is 0 Å². The van der Waals surface area contributed by atoms with Crippen LogP contribution in [0.2, 0.25) is 0 Å². The van der Waals surface area contributed by atoms with Crippen LogP contribution >= 0.6 is 11.3 Å². The Morgan fingerprint density at radius 1 is 1.09 bits per heavy atom. The average Bonchev–Trinajstić information content (AvgIpc) is 3.11. The first kappa shape index (κ1) is 15.3. The van der Waals surface area contributed by atoms with Gasteiger partial charge in [0.1, 0.15) is 10.7 Å². The number of thiazole rings is 1. The molecular weight excluding hydrogens is 308 g/mol. The molecule has 0 radical (unpaired) electrons. The Kier molecular flexibility index (Phi) is 4.73. The second-order valence-electron chi connectivity index (χ2n) is 5.11. The van der Waals surface area contributed by atoms with Crippen molar-refractivity contribution in [3.05, 3.63) is 65.7 Å². The molecule has 3 heterocycles. The van der Waals surface area contributed by atoms with Crippen molar-refractivity contribution in [2.75, 3.05) is 13.6 Å². The van der Waals surface area contributed by atoms with Crippen molar-refractivity contribution >= 4 is 17.2 Å². The highest BCUT2D eigenvalue weighted by Crippen LogP contribution is 2.23. The van der Waals surface area contributed by atoms with Crippen LogP contribution in [0.3, 0.4) is 0 Å². The number of hydrogen-bond acceptors (Lipinski definition) is 5. The molecule has 0 atom stereocenters. The van der Waals surface area contributed by atoms with E-state index >= 15 is 0 Å². The molecule has 6 heteroatoms. The topological polar surface area (TPSA) is 59.0 Å². The Labute approximate surface area is 138 Å². The summed E-state index contributed by atoms with van der Waals surface area (Å²) in [6, 6.07) is 7.70. The van der Waals surface area contributed by atoms with Gasteiger partial charge in [-0.2, -0.15) is 0 Å². The number of pyridine rings is 2. The zero-order valence-corrected chi connectivity index (χ0v) is 13.5. The zero-order valence-electron chi connectivity index (χ0n) is 12.7. The first-order valence-electron chi connectivity index (χ1n) is 7.24. The van der Waals surface area contributed by atoms with Gasteiger partial charge in [-0.25, -0.2) is 4.98 Å². The zero-order chi connectivity index (χ0) is 16.1. The molecule has 23 heavy (non-hydrogen) atoms. The molecule has 3 aromatic rings. The molecular formula is C17H16N4OS. The van der Waals surface area contributed by atoms with Crippen molar-refractivity contribution in [2.24, 2.45) is 0 Å². The highest BCUT2D eigenvalue weighted by atomic mass is 32.1. The maximum absolute atomic E-state index is 12.5. The van der Waals surface area contributed by atoms with Crippen LogP contribution in [-0.4, -0.2) is 39.4 Å². The second-order valence-corrected chi connectivity index (χ2v) is 5.96. The minimum Gasteiger partial charge on any atom is -0.340 e. The van der Waals surface area contributed by atoms with Crippen LogP contribution in [-0.2, 0) is 6.42 Å². The van der Waals surface area contributed by atoms with Crippen LogP contribution in [0, 0.1) is 0 Å². The molecule has 0 aliphatic rings. The molecule has 0 saturated carbocycles. The molecule has 0 aliphatic heterocycles. The van der Waals surface area contributed by atoms with Gasteiger partial charge in [-0.1, -0.05) is 0 Å². The minimum atomic E-state index is -0.0596. The van der Waals surface area contributed by atoms with E-state index in [4.69, 9.17) is 0 Å². The van der Waals surface area contributed by atoms with E-state index in [0.29, 0.717) is 12.2 Å². The molecule has 5 nitrogen and oxygen atoms in total. The normalized spacial score (nSPS) is 10.5. The van der Waals surface area contributed by atoms with Crippen LogP contribution in [0.4, 0.5) is 0 Å². The fourth-order valence-electron chi connectivity index (χ4n) is 2.14. The van der Waals surface area contributed by atoms with Gasteiger partial charge in [0.25, 0.3) is 5.91 Å². The molecule has 0 N–H and O–H groups in total. The summed E-state index contributed by atoms with van der Waals surface area (Å²) in [6.45, 7) is 0.644. The fraction of sp³-hybridized carbons (Fsp3) is 0.176. The van der Waals surface area contributed by atoms with Crippen LogP contribution in [0.1, 0.15) is 16.1 Å². The van der Waals surface area contributed by atoms with Crippen LogP contribution in [0.15, 0.2) is 54.4 Å². The van der Waals surface area contributed by atoms with Gasteiger partial charge in [0.05, 0.1) is 0 Å². The number of amides is 1. The van der Waals surface area contributed by atoms with E-state index in [0.717, 1.165) is 22.6 Å². The largest absolute Gasteiger partial charge is 0.340 e. The Morgan fingerprint density at radius 2 is 1.74 bits per heavy atom. The van der Waals surface area contributed by atoms with Gasteiger partial charge >= 0.3 is 0 Å². The van der Waals surface area contributed by atoms with Crippen molar-refractivity contribution in [3.8, 4) is 10.6 Å². The van der Waals surface area contributed by atoms with Crippen molar-refractivity contribution in [3.63, 3.8) is 0 Å². The quantitative estimate of drug-likeness (QED) is 0.724. The van der Waals surface area contributed by atoms with E-state index in [1.807, 2.05) is 24.3 Å². The minimum absolute atomic E-state index is 0.0596. The number of rotatable bonds is 5. The molecule has 3 aromatic heterocycles. The maximum atomic E-state index is 12.5. The first-order chi connectivity index (χ1) is 11.2. The molecule has 0 bridgehead atoms. The Bertz CT molecular complexity index is 774. The van der Waals surface area contributed by atoms with E-state index < -0.39 is 0 Å². The standard InChI is InChI=1S/C17H16N4OS/c1-21(11-6-13-2-7-18-8-3-13)17(22)15-12-23-16(20-15)14-4-9-19-10-5-14/h2-5,7-10,12H,6,11H2,1H3.